The van der Waals surface area contributed by atoms with Crippen LogP contribution < -0.4 is 5.73 Å². The van der Waals surface area contributed by atoms with Gasteiger partial charge in [0, 0.05) is 18.1 Å². The van der Waals surface area contributed by atoms with Gasteiger partial charge in [0.15, 0.2) is 0 Å². The van der Waals surface area contributed by atoms with Crippen molar-refractivity contribution in [2.24, 2.45) is 23.5 Å². The molecule has 3 fully saturated rings. The molecular formula is C19H36N2. The van der Waals surface area contributed by atoms with Crippen LogP contribution in [0.15, 0.2) is 0 Å². The van der Waals surface area contributed by atoms with Crippen molar-refractivity contribution in [3.63, 3.8) is 0 Å². The number of fused-ring (bicyclic) bond motifs is 1. The molecule has 1 saturated heterocycles. The largest absolute Gasteiger partial charge is 0.329 e. The van der Waals surface area contributed by atoms with Gasteiger partial charge >= 0.3 is 0 Å². The number of likely N-dealkylation sites (tertiary alicyclic amines) is 1. The molecule has 2 saturated carbocycles. The lowest BCUT2D eigenvalue weighted by Crippen LogP contribution is -2.60. The van der Waals surface area contributed by atoms with Crippen molar-refractivity contribution in [1.82, 2.24) is 4.90 Å². The van der Waals surface area contributed by atoms with Crippen LogP contribution in [0.1, 0.15) is 78.1 Å². The lowest BCUT2D eigenvalue weighted by Gasteiger charge is -2.51. The summed E-state index contributed by atoms with van der Waals surface area (Å²) in [6.45, 7) is 7.04. The smallest absolute Gasteiger partial charge is 0.0334 e. The Bertz CT molecular complexity index is 340. The molecule has 21 heavy (non-hydrogen) atoms. The molecule has 1 aliphatic heterocycles. The minimum absolute atomic E-state index is 0.345. The Morgan fingerprint density at radius 3 is 2.57 bits per heavy atom. The molecule has 122 valence electrons. The first-order valence-corrected chi connectivity index (χ1v) is 9.63. The number of hydrogen-bond donors (Lipinski definition) is 1. The molecule has 2 nitrogen and oxygen atoms in total. The summed E-state index contributed by atoms with van der Waals surface area (Å²) in [5, 5.41) is 0. The molecule has 3 aliphatic rings. The van der Waals surface area contributed by atoms with Gasteiger partial charge in [-0.15, -0.1) is 0 Å². The molecule has 0 aromatic heterocycles. The van der Waals surface area contributed by atoms with E-state index >= 15 is 0 Å². The Balaban J connectivity index is 1.76. The molecule has 1 heterocycles. The van der Waals surface area contributed by atoms with E-state index in [9.17, 15) is 0 Å². The van der Waals surface area contributed by atoms with Crippen LogP contribution in [0.25, 0.3) is 0 Å². The van der Waals surface area contributed by atoms with E-state index in [0.717, 1.165) is 30.3 Å². The third-order valence-corrected chi connectivity index (χ3v) is 7.12. The summed E-state index contributed by atoms with van der Waals surface area (Å²) in [5.74, 6) is 2.77. The predicted molar refractivity (Wildman–Crippen MR) is 90.3 cm³/mol. The summed E-state index contributed by atoms with van der Waals surface area (Å²) in [7, 11) is 0. The molecule has 0 aromatic carbocycles. The average Bonchev–Trinajstić information content (AvgIpc) is 2.85. The third kappa shape index (κ3) is 3.03. The minimum Gasteiger partial charge on any atom is -0.329 e. The van der Waals surface area contributed by atoms with Crippen LogP contribution in [-0.2, 0) is 0 Å². The first kappa shape index (κ1) is 15.8. The summed E-state index contributed by atoms with van der Waals surface area (Å²) in [4.78, 5) is 2.93. The summed E-state index contributed by atoms with van der Waals surface area (Å²) in [6, 6.07) is 0.873. The van der Waals surface area contributed by atoms with Crippen molar-refractivity contribution in [1.29, 1.82) is 0 Å². The molecule has 0 spiro atoms. The number of nitrogens with zero attached hydrogens (tertiary/aromatic N) is 1. The van der Waals surface area contributed by atoms with Crippen molar-refractivity contribution in [3.05, 3.63) is 0 Å². The van der Waals surface area contributed by atoms with E-state index in [-0.39, 0.29) is 0 Å². The maximum Gasteiger partial charge on any atom is 0.0334 e. The highest BCUT2D eigenvalue weighted by Crippen LogP contribution is 2.44. The quantitative estimate of drug-likeness (QED) is 0.791. The fourth-order valence-corrected chi connectivity index (χ4v) is 5.73. The first-order chi connectivity index (χ1) is 10.2. The molecule has 4 unspecified atom stereocenters. The van der Waals surface area contributed by atoms with Crippen molar-refractivity contribution in [2.45, 2.75) is 89.6 Å². The van der Waals surface area contributed by atoms with Crippen LogP contribution in [-0.4, -0.2) is 29.6 Å². The number of hydrogen-bond acceptors (Lipinski definition) is 2. The molecule has 2 N–H and O–H groups in total. The van der Waals surface area contributed by atoms with E-state index in [1.165, 1.54) is 70.8 Å². The van der Waals surface area contributed by atoms with Gasteiger partial charge in [0.05, 0.1) is 0 Å². The lowest BCUT2D eigenvalue weighted by atomic mass is 9.81. The van der Waals surface area contributed by atoms with Crippen LogP contribution in [0.2, 0.25) is 0 Å². The van der Waals surface area contributed by atoms with Gasteiger partial charge in [-0.2, -0.15) is 0 Å². The first-order valence-electron chi connectivity index (χ1n) is 9.63. The molecule has 2 heteroatoms. The second-order valence-corrected chi connectivity index (χ2v) is 8.46. The summed E-state index contributed by atoms with van der Waals surface area (Å²) in [5.41, 5.74) is 6.75. The Morgan fingerprint density at radius 1 is 1.00 bits per heavy atom. The van der Waals surface area contributed by atoms with E-state index in [4.69, 9.17) is 5.73 Å². The Kier molecular flexibility index (Phi) is 4.95. The normalized spacial score (nSPS) is 42.0. The van der Waals surface area contributed by atoms with Gasteiger partial charge in [-0.05, 0) is 69.2 Å². The van der Waals surface area contributed by atoms with Crippen molar-refractivity contribution >= 4 is 0 Å². The number of piperidine rings is 1. The zero-order valence-corrected chi connectivity index (χ0v) is 14.3. The highest BCUT2D eigenvalue weighted by Gasteiger charge is 2.45. The maximum absolute atomic E-state index is 6.40. The second kappa shape index (κ2) is 6.58. The topological polar surface area (TPSA) is 29.3 Å². The van der Waals surface area contributed by atoms with Crippen LogP contribution in [0.3, 0.4) is 0 Å². The molecular weight excluding hydrogens is 256 g/mol. The van der Waals surface area contributed by atoms with Gasteiger partial charge in [0.25, 0.3) is 0 Å². The molecule has 3 rings (SSSR count). The Hall–Kier alpha value is -0.0800. The summed E-state index contributed by atoms with van der Waals surface area (Å²) < 4.78 is 0. The van der Waals surface area contributed by atoms with Gasteiger partial charge in [0.2, 0.25) is 0 Å². The van der Waals surface area contributed by atoms with E-state index in [1.807, 2.05) is 0 Å². The van der Waals surface area contributed by atoms with Gasteiger partial charge in [-0.3, -0.25) is 4.90 Å². The fraction of sp³-hybridized carbons (Fsp3) is 1.00. The molecule has 0 aromatic rings. The average molecular weight is 293 g/mol. The monoisotopic (exact) mass is 292 g/mol. The fourth-order valence-electron chi connectivity index (χ4n) is 5.73. The van der Waals surface area contributed by atoms with E-state index in [1.54, 1.807) is 0 Å². The SMILES string of the molecule is CC(C)C1CCCC(CN)(N2CCCC3CCCC32)CC1. The van der Waals surface area contributed by atoms with E-state index in [0.29, 0.717) is 5.54 Å². The molecule has 4 atom stereocenters. The van der Waals surface area contributed by atoms with Crippen LogP contribution in [0.4, 0.5) is 0 Å². The Labute approximate surface area is 131 Å². The maximum atomic E-state index is 6.40. The van der Waals surface area contributed by atoms with Gasteiger partial charge in [-0.1, -0.05) is 33.1 Å². The van der Waals surface area contributed by atoms with Crippen molar-refractivity contribution in [3.8, 4) is 0 Å². The standard InChI is InChI=1S/C19H36N2/c1-15(2)16-7-4-11-19(14-20,12-10-16)21-13-5-8-17-6-3-9-18(17)21/h15-18H,3-14,20H2,1-2H3. The highest BCUT2D eigenvalue weighted by atomic mass is 15.2. The van der Waals surface area contributed by atoms with Crippen molar-refractivity contribution in [2.75, 3.05) is 13.1 Å². The van der Waals surface area contributed by atoms with Gasteiger partial charge in [-0.25, -0.2) is 0 Å². The van der Waals surface area contributed by atoms with Gasteiger partial charge in [0.1, 0.15) is 0 Å². The van der Waals surface area contributed by atoms with E-state index in [2.05, 4.69) is 18.7 Å². The van der Waals surface area contributed by atoms with Crippen molar-refractivity contribution < 1.29 is 0 Å². The zero-order chi connectivity index (χ0) is 14.9. The number of nitrogens with two attached hydrogens (primary N) is 1. The highest BCUT2D eigenvalue weighted by molar-refractivity contribution is 5.01. The number of rotatable bonds is 3. The van der Waals surface area contributed by atoms with Crippen LogP contribution in [0.5, 0.6) is 0 Å². The third-order valence-electron chi connectivity index (χ3n) is 7.12. The molecule has 0 radical (unpaired) electrons. The van der Waals surface area contributed by atoms with E-state index < -0.39 is 0 Å². The molecule has 0 amide bonds. The predicted octanol–water partition coefficient (Wildman–Crippen LogP) is 4.18. The summed E-state index contributed by atoms with van der Waals surface area (Å²) in [6.07, 6.45) is 14.2. The Morgan fingerprint density at radius 2 is 1.81 bits per heavy atom. The van der Waals surface area contributed by atoms with Gasteiger partial charge < -0.3 is 5.73 Å². The van der Waals surface area contributed by atoms with Crippen LogP contribution >= 0.6 is 0 Å². The minimum atomic E-state index is 0.345. The molecule has 2 aliphatic carbocycles. The second-order valence-electron chi connectivity index (χ2n) is 8.46. The lowest BCUT2D eigenvalue weighted by molar-refractivity contribution is -0.00677. The summed E-state index contributed by atoms with van der Waals surface area (Å²) >= 11 is 0. The molecule has 0 bridgehead atoms. The van der Waals surface area contributed by atoms with Crippen LogP contribution in [0, 0.1) is 17.8 Å². The zero-order valence-electron chi connectivity index (χ0n) is 14.3.